The summed E-state index contributed by atoms with van der Waals surface area (Å²) in [6, 6.07) is 4.01. The first kappa shape index (κ1) is 19.9. The second-order valence-corrected chi connectivity index (χ2v) is 7.30. The van der Waals surface area contributed by atoms with Crippen LogP contribution in [0.4, 0.5) is 0 Å². The third-order valence-electron chi connectivity index (χ3n) is 4.25. The Hall–Kier alpha value is -1.43. The normalized spacial score (nSPS) is 15.4. The minimum absolute atomic E-state index is 0.320. The SMILES string of the molecule is CCNC(=NCc1cccnc1OC1CCCC1)NCCCCSC. The number of ether oxygens (including phenoxy) is 1. The topological polar surface area (TPSA) is 58.5 Å². The van der Waals surface area contributed by atoms with E-state index in [-0.39, 0.29) is 0 Å². The van der Waals surface area contributed by atoms with E-state index in [0.717, 1.165) is 49.8 Å². The largest absolute Gasteiger partial charge is 0.474 e. The zero-order valence-corrected chi connectivity index (χ0v) is 16.4. The average molecular weight is 365 g/mol. The molecule has 0 saturated heterocycles. The Kier molecular flexibility index (Phi) is 9.55. The summed E-state index contributed by atoms with van der Waals surface area (Å²) in [5.41, 5.74) is 1.05. The zero-order chi connectivity index (χ0) is 17.7. The molecule has 1 aliphatic carbocycles. The van der Waals surface area contributed by atoms with Crippen molar-refractivity contribution in [1.82, 2.24) is 15.6 Å². The maximum Gasteiger partial charge on any atom is 0.218 e. The molecule has 1 heterocycles. The van der Waals surface area contributed by atoms with E-state index >= 15 is 0 Å². The second kappa shape index (κ2) is 12.0. The molecule has 0 spiro atoms. The molecule has 0 aliphatic heterocycles. The predicted molar refractivity (Wildman–Crippen MR) is 108 cm³/mol. The first-order valence-electron chi connectivity index (χ1n) is 9.45. The number of hydrogen-bond acceptors (Lipinski definition) is 4. The van der Waals surface area contributed by atoms with Crippen LogP contribution in [0.15, 0.2) is 23.3 Å². The Bertz CT molecular complexity index is 518. The summed E-state index contributed by atoms with van der Waals surface area (Å²) in [6.45, 7) is 4.47. The molecule has 5 nitrogen and oxygen atoms in total. The van der Waals surface area contributed by atoms with Gasteiger partial charge in [0, 0.05) is 24.8 Å². The molecule has 25 heavy (non-hydrogen) atoms. The summed E-state index contributed by atoms with van der Waals surface area (Å²) < 4.78 is 6.10. The Morgan fingerprint density at radius 1 is 1.32 bits per heavy atom. The Balaban J connectivity index is 1.89. The van der Waals surface area contributed by atoms with Gasteiger partial charge in [0.1, 0.15) is 6.10 Å². The van der Waals surface area contributed by atoms with E-state index in [9.17, 15) is 0 Å². The third kappa shape index (κ3) is 7.55. The lowest BCUT2D eigenvalue weighted by atomic mass is 10.2. The number of aromatic nitrogens is 1. The van der Waals surface area contributed by atoms with E-state index in [1.807, 2.05) is 17.8 Å². The summed E-state index contributed by atoms with van der Waals surface area (Å²) in [5, 5.41) is 6.72. The number of guanidine groups is 1. The van der Waals surface area contributed by atoms with Crippen LogP contribution in [0, 0.1) is 0 Å². The number of rotatable bonds is 10. The number of hydrogen-bond donors (Lipinski definition) is 2. The lowest BCUT2D eigenvalue weighted by Gasteiger charge is -2.15. The molecule has 1 aromatic heterocycles. The van der Waals surface area contributed by atoms with Crippen LogP contribution >= 0.6 is 11.8 Å². The molecule has 0 bridgehead atoms. The standard InChI is InChI=1S/C19H32N4OS/c1-3-20-19(22-12-6-7-14-25-2)23-15-16-9-8-13-21-18(16)24-17-10-4-5-11-17/h8-9,13,17H,3-7,10-12,14-15H2,1-2H3,(H2,20,22,23). The summed E-state index contributed by atoms with van der Waals surface area (Å²) in [5.74, 6) is 2.82. The number of nitrogens with one attached hydrogen (secondary N) is 2. The number of aliphatic imine (C=N–C) groups is 1. The molecule has 6 heteroatoms. The van der Waals surface area contributed by atoms with E-state index in [4.69, 9.17) is 9.73 Å². The van der Waals surface area contributed by atoms with E-state index in [0.29, 0.717) is 12.6 Å². The predicted octanol–water partition coefficient (Wildman–Crippen LogP) is 3.60. The van der Waals surface area contributed by atoms with Gasteiger partial charge in [-0.1, -0.05) is 6.07 Å². The van der Waals surface area contributed by atoms with Crippen LogP contribution < -0.4 is 15.4 Å². The third-order valence-corrected chi connectivity index (χ3v) is 4.95. The van der Waals surface area contributed by atoms with Gasteiger partial charge >= 0.3 is 0 Å². The highest BCUT2D eigenvalue weighted by atomic mass is 32.2. The maximum atomic E-state index is 6.10. The molecule has 1 fully saturated rings. The quantitative estimate of drug-likeness (QED) is 0.377. The zero-order valence-electron chi connectivity index (χ0n) is 15.6. The highest BCUT2D eigenvalue weighted by molar-refractivity contribution is 7.98. The summed E-state index contributed by atoms with van der Waals surface area (Å²) in [6.07, 6.45) is 11.5. The van der Waals surface area contributed by atoms with Gasteiger partial charge in [-0.15, -0.1) is 0 Å². The fraction of sp³-hybridized carbons (Fsp3) is 0.684. The van der Waals surface area contributed by atoms with Crippen molar-refractivity contribution in [1.29, 1.82) is 0 Å². The van der Waals surface area contributed by atoms with E-state index < -0.39 is 0 Å². The Morgan fingerprint density at radius 3 is 2.92 bits per heavy atom. The van der Waals surface area contributed by atoms with Crippen molar-refractivity contribution in [2.24, 2.45) is 4.99 Å². The van der Waals surface area contributed by atoms with Gasteiger partial charge in [-0.2, -0.15) is 11.8 Å². The van der Waals surface area contributed by atoms with E-state index in [1.54, 1.807) is 6.20 Å². The van der Waals surface area contributed by atoms with Gasteiger partial charge < -0.3 is 15.4 Å². The first-order valence-corrected chi connectivity index (χ1v) is 10.8. The molecule has 1 saturated carbocycles. The number of pyridine rings is 1. The van der Waals surface area contributed by atoms with Crippen LogP contribution in [0.3, 0.4) is 0 Å². The molecule has 0 unspecified atom stereocenters. The fourth-order valence-corrected chi connectivity index (χ4v) is 3.39. The molecule has 0 atom stereocenters. The minimum atomic E-state index is 0.320. The van der Waals surface area contributed by atoms with E-state index in [2.05, 4.69) is 34.9 Å². The average Bonchev–Trinajstić information content (AvgIpc) is 3.13. The minimum Gasteiger partial charge on any atom is -0.474 e. The van der Waals surface area contributed by atoms with Gasteiger partial charge in [-0.05, 0) is 63.5 Å². The second-order valence-electron chi connectivity index (χ2n) is 6.31. The van der Waals surface area contributed by atoms with Crippen LogP contribution in [-0.4, -0.2) is 42.1 Å². The molecule has 2 N–H and O–H groups in total. The van der Waals surface area contributed by atoms with Crippen molar-refractivity contribution in [3.8, 4) is 5.88 Å². The van der Waals surface area contributed by atoms with Crippen molar-refractivity contribution >= 4 is 17.7 Å². The van der Waals surface area contributed by atoms with Crippen molar-refractivity contribution in [2.45, 2.75) is 58.1 Å². The van der Waals surface area contributed by atoms with Crippen LogP contribution in [0.5, 0.6) is 5.88 Å². The Labute approximate surface area is 156 Å². The summed E-state index contributed by atoms with van der Waals surface area (Å²) in [4.78, 5) is 9.13. The fourth-order valence-electron chi connectivity index (χ4n) is 2.90. The lowest BCUT2D eigenvalue weighted by molar-refractivity contribution is 0.199. The molecule has 0 radical (unpaired) electrons. The van der Waals surface area contributed by atoms with Gasteiger partial charge in [-0.25, -0.2) is 9.98 Å². The number of thioether (sulfide) groups is 1. The van der Waals surface area contributed by atoms with Gasteiger partial charge in [0.15, 0.2) is 5.96 Å². The Morgan fingerprint density at radius 2 is 2.16 bits per heavy atom. The highest BCUT2D eigenvalue weighted by Crippen LogP contribution is 2.25. The van der Waals surface area contributed by atoms with Crippen LogP contribution in [0.2, 0.25) is 0 Å². The van der Waals surface area contributed by atoms with Crippen LogP contribution in [0.25, 0.3) is 0 Å². The molecule has 0 aromatic carbocycles. The number of nitrogens with zero attached hydrogens (tertiary/aromatic N) is 2. The lowest BCUT2D eigenvalue weighted by Crippen LogP contribution is -2.37. The molecular formula is C19H32N4OS. The van der Waals surface area contributed by atoms with Gasteiger partial charge in [-0.3, -0.25) is 0 Å². The van der Waals surface area contributed by atoms with Gasteiger partial charge in [0.05, 0.1) is 6.54 Å². The molecule has 1 aromatic rings. The maximum absolute atomic E-state index is 6.10. The summed E-state index contributed by atoms with van der Waals surface area (Å²) in [7, 11) is 0. The van der Waals surface area contributed by atoms with Gasteiger partial charge in [0.25, 0.3) is 0 Å². The smallest absolute Gasteiger partial charge is 0.218 e. The van der Waals surface area contributed by atoms with Crippen molar-refractivity contribution in [2.75, 3.05) is 25.1 Å². The van der Waals surface area contributed by atoms with Crippen molar-refractivity contribution < 1.29 is 4.74 Å². The molecular weight excluding hydrogens is 332 g/mol. The van der Waals surface area contributed by atoms with Crippen molar-refractivity contribution in [3.63, 3.8) is 0 Å². The molecule has 1 aliphatic rings. The first-order chi connectivity index (χ1) is 12.3. The highest BCUT2D eigenvalue weighted by Gasteiger charge is 2.18. The van der Waals surface area contributed by atoms with Crippen molar-refractivity contribution in [3.05, 3.63) is 23.9 Å². The molecule has 2 rings (SSSR count). The van der Waals surface area contributed by atoms with Gasteiger partial charge in [0.2, 0.25) is 5.88 Å². The number of unbranched alkanes of at least 4 members (excludes halogenated alkanes) is 1. The van der Waals surface area contributed by atoms with Crippen LogP contribution in [0.1, 0.15) is 51.0 Å². The molecule has 0 amide bonds. The van der Waals surface area contributed by atoms with Crippen LogP contribution in [-0.2, 0) is 6.54 Å². The monoisotopic (exact) mass is 364 g/mol. The van der Waals surface area contributed by atoms with E-state index in [1.165, 1.54) is 25.0 Å². The summed E-state index contributed by atoms with van der Waals surface area (Å²) >= 11 is 1.90. The molecule has 140 valence electrons.